The van der Waals surface area contributed by atoms with Crippen LogP contribution < -0.4 is 10.4 Å². The highest BCUT2D eigenvalue weighted by Crippen LogP contribution is 2.20. The molecule has 2 aromatic carbocycles. The van der Waals surface area contributed by atoms with Gasteiger partial charge in [0.05, 0.1) is 11.1 Å². The Labute approximate surface area is 113 Å². The standard InChI is InChI=1S/C14H10FNO4/c15-11-4-2-1-3-9(11)13(18)16-8-5-6-12(17)10(7-8)14(19)20/h1-7,17H,(H,16,18)(H,19,20)/p-1. The summed E-state index contributed by atoms with van der Waals surface area (Å²) in [5.74, 6) is -3.47. The van der Waals surface area contributed by atoms with E-state index in [9.17, 15) is 19.1 Å². The van der Waals surface area contributed by atoms with Crippen LogP contribution in [0.2, 0.25) is 0 Å². The van der Waals surface area contributed by atoms with Gasteiger partial charge in [0.15, 0.2) is 0 Å². The molecule has 0 saturated carbocycles. The predicted octanol–water partition coefficient (Wildman–Crippen LogP) is 1.85. The van der Waals surface area contributed by atoms with Crippen LogP contribution in [0.15, 0.2) is 42.5 Å². The van der Waals surface area contributed by atoms with Gasteiger partial charge in [0, 0.05) is 5.69 Å². The zero-order valence-electron chi connectivity index (χ0n) is 10.1. The Hall–Kier alpha value is -2.89. The third-order valence-electron chi connectivity index (χ3n) is 2.59. The number of hydrogen-bond donors (Lipinski definition) is 2. The SMILES string of the molecule is O=C(O)c1cc(NC(=O)c2ccccc2F)ccc1[O-]. The smallest absolute Gasteiger partial charge is 0.335 e. The van der Waals surface area contributed by atoms with Gasteiger partial charge >= 0.3 is 5.97 Å². The molecule has 0 aliphatic carbocycles. The van der Waals surface area contributed by atoms with Gasteiger partial charge in [-0.25, -0.2) is 9.18 Å². The third kappa shape index (κ3) is 2.74. The maximum atomic E-state index is 13.4. The molecule has 0 saturated heterocycles. The van der Waals surface area contributed by atoms with Gasteiger partial charge in [-0.15, -0.1) is 0 Å². The van der Waals surface area contributed by atoms with E-state index in [1.807, 2.05) is 0 Å². The summed E-state index contributed by atoms with van der Waals surface area (Å²) in [5, 5.41) is 22.4. The lowest BCUT2D eigenvalue weighted by atomic mass is 10.1. The fourth-order valence-corrected chi connectivity index (χ4v) is 1.62. The number of amides is 1. The van der Waals surface area contributed by atoms with Crippen molar-refractivity contribution in [2.24, 2.45) is 0 Å². The van der Waals surface area contributed by atoms with Crippen molar-refractivity contribution in [2.75, 3.05) is 5.32 Å². The lowest BCUT2D eigenvalue weighted by Crippen LogP contribution is -2.14. The highest BCUT2D eigenvalue weighted by Gasteiger charge is 2.12. The van der Waals surface area contributed by atoms with Crippen molar-refractivity contribution in [3.05, 3.63) is 59.4 Å². The number of hydrogen-bond acceptors (Lipinski definition) is 3. The molecule has 1 amide bonds. The number of halogens is 1. The Kier molecular flexibility index (Phi) is 3.65. The number of rotatable bonds is 3. The Morgan fingerprint density at radius 2 is 1.80 bits per heavy atom. The average Bonchev–Trinajstić information content (AvgIpc) is 2.41. The first-order chi connectivity index (χ1) is 9.49. The van der Waals surface area contributed by atoms with E-state index in [2.05, 4.69) is 5.32 Å². The Balaban J connectivity index is 2.27. The van der Waals surface area contributed by atoms with Crippen LogP contribution in [0, 0.1) is 5.82 Å². The number of carbonyl (C=O) groups excluding carboxylic acids is 1. The van der Waals surface area contributed by atoms with E-state index < -0.39 is 29.0 Å². The van der Waals surface area contributed by atoms with Crippen LogP contribution in [-0.4, -0.2) is 17.0 Å². The summed E-state index contributed by atoms with van der Waals surface area (Å²) < 4.78 is 13.4. The van der Waals surface area contributed by atoms with Crippen molar-refractivity contribution in [3.63, 3.8) is 0 Å². The lowest BCUT2D eigenvalue weighted by molar-refractivity contribution is -0.268. The van der Waals surface area contributed by atoms with Crippen LogP contribution in [0.4, 0.5) is 10.1 Å². The average molecular weight is 274 g/mol. The van der Waals surface area contributed by atoms with Gasteiger partial charge in [0.2, 0.25) is 0 Å². The van der Waals surface area contributed by atoms with E-state index in [4.69, 9.17) is 5.11 Å². The molecule has 0 radical (unpaired) electrons. The number of carboxylic acids is 1. The minimum Gasteiger partial charge on any atom is -0.872 e. The molecule has 0 spiro atoms. The Morgan fingerprint density at radius 3 is 2.45 bits per heavy atom. The van der Waals surface area contributed by atoms with Gasteiger partial charge in [0.25, 0.3) is 5.91 Å². The fourth-order valence-electron chi connectivity index (χ4n) is 1.62. The molecule has 0 bridgehead atoms. The topological polar surface area (TPSA) is 89.5 Å². The van der Waals surface area contributed by atoms with E-state index in [1.165, 1.54) is 24.3 Å². The molecular weight excluding hydrogens is 265 g/mol. The van der Waals surface area contributed by atoms with Crippen molar-refractivity contribution < 1.29 is 24.2 Å². The molecule has 20 heavy (non-hydrogen) atoms. The molecule has 2 rings (SSSR count). The highest BCUT2D eigenvalue weighted by molar-refractivity contribution is 6.05. The summed E-state index contributed by atoms with van der Waals surface area (Å²) in [6, 6.07) is 8.70. The highest BCUT2D eigenvalue weighted by atomic mass is 19.1. The van der Waals surface area contributed by atoms with Gasteiger partial charge in [-0.2, -0.15) is 0 Å². The summed E-state index contributed by atoms with van der Waals surface area (Å²) >= 11 is 0. The van der Waals surface area contributed by atoms with E-state index in [0.717, 1.165) is 18.2 Å². The van der Waals surface area contributed by atoms with Crippen molar-refractivity contribution in [2.45, 2.75) is 0 Å². The Bertz CT molecular complexity index is 685. The minimum absolute atomic E-state index is 0.107. The van der Waals surface area contributed by atoms with Crippen molar-refractivity contribution in [3.8, 4) is 5.75 Å². The molecule has 0 fully saturated rings. The summed E-state index contributed by atoms with van der Waals surface area (Å²) in [6.45, 7) is 0. The predicted molar refractivity (Wildman–Crippen MR) is 67.2 cm³/mol. The largest absolute Gasteiger partial charge is 0.872 e. The number of benzene rings is 2. The van der Waals surface area contributed by atoms with Crippen LogP contribution in [0.1, 0.15) is 20.7 Å². The first-order valence-corrected chi connectivity index (χ1v) is 5.59. The van der Waals surface area contributed by atoms with Crippen LogP contribution >= 0.6 is 0 Å². The summed E-state index contributed by atoms with van der Waals surface area (Å²) in [4.78, 5) is 22.6. The zero-order valence-corrected chi connectivity index (χ0v) is 10.1. The summed E-state index contributed by atoms with van der Waals surface area (Å²) in [6.07, 6.45) is 0. The number of carboxylic acid groups (broad SMARTS) is 1. The van der Waals surface area contributed by atoms with Gasteiger partial charge in [-0.05, 0) is 24.3 Å². The first-order valence-electron chi connectivity index (χ1n) is 5.59. The lowest BCUT2D eigenvalue weighted by Gasteiger charge is -2.12. The molecule has 0 unspecified atom stereocenters. The van der Waals surface area contributed by atoms with Crippen molar-refractivity contribution in [1.82, 2.24) is 0 Å². The molecule has 0 aliphatic rings. The van der Waals surface area contributed by atoms with E-state index in [-0.39, 0.29) is 11.3 Å². The molecule has 5 nitrogen and oxygen atoms in total. The maximum absolute atomic E-state index is 13.4. The second-order valence-electron chi connectivity index (χ2n) is 3.95. The Morgan fingerprint density at radius 1 is 1.10 bits per heavy atom. The molecule has 0 aliphatic heterocycles. The van der Waals surface area contributed by atoms with Crippen LogP contribution in [0.3, 0.4) is 0 Å². The molecule has 6 heteroatoms. The fraction of sp³-hybridized carbons (Fsp3) is 0. The normalized spacial score (nSPS) is 10.1. The molecule has 2 aromatic rings. The van der Waals surface area contributed by atoms with E-state index >= 15 is 0 Å². The first kappa shape index (κ1) is 13.5. The third-order valence-corrected chi connectivity index (χ3v) is 2.59. The number of nitrogens with one attached hydrogen (secondary N) is 1. The minimum atomic E-state index is -1.39. The second kappa shape index (κ2) is 5.40. The molecule has 0 atom stereocenters. The number of carbonyl (C=O) groups is 2. The maximum Gasteiger partial charge on any atom is 0.335 e. The van der Waals surface area contributed by atoms with Crippen molar-refractivity contribution in [1.29, 1.82) is 0 Å². The summed E-state index contributed by atoms with van der Waals surface area (Å²) in [5.41, 5.74) is -0.526. The molecule has 0 aromatic heterocycles. The number of anilines is 1. The van der Waals surface area contributed by atoms with Gasteiger partial charge in [0.1, 0.15) is 5.82 Å². The molecule has 2 N–H and O–H groups in total. The van der Waals surface area contributed by atoms with Gasteiger partial charge in [-0.3, -0.25) is 4.79 Å². The molecular formula is C14H9FNO4-. The number of aromatic carboxylic acids is 1. The van der Waals surface area contributed by atoms with E-state index in [1.54, 1.807) is 0 Å². The quantitative estimate of drug-likeness (QED) is 0.893. The second-order valence-corrected chi connectivity index (χ2v) is 3.95. The molecule has 0 heterocycles. The zero-order chi connectivity index (χ0) is 14.7. The monoisotopic (exact) mass is 274 g/mol. The van der Waals surface area contributed by atoms with Gasteiger partial charge in [-0.1, -0.05) is 23.9 Å². The molecule has 102 valence electrons. The van der Waals surface area contributed by atoms with Crippen LogP contribution in [0.25, 0.3) is 0 Å². The van der Waals surface area contributed by atoms with Crippen LogP contribution in [-0.2, 0) is 0 Å². The van der Waals surface area contributed by atoms with Crippen LogP contribution in [0.5, 0.6) is 5.75 Å². The van der Waals surface area contributed by atoms with Gasteiger partial charge < -0.3 is 15.5 Å². The summed E-state index contributed by atoms with van der Waals surface area (Å²) in [7, 11) is 0. The van der Waals surface area contributed by atoms with Crippen molar-refractivity contribution >= 4 is 17.6 Å². The van der Waals surface area contributed by atoms with E-state index in [0.29, 0.717) is 0 Å².